The molecule has 0 saturated carbocycles. The summed E-state index contributed by atoms with van der Waals surface area (Å²) in [7, 11) is 0. The molecule has 0 fully saturated rings. The maximum atomic E-state index is 10.8. The number of primary amides is 1. The van der Waals surface area contributed by atoms with Crippen LogP contribution >= 0.6 is 0 Å². The Labute approximate surface area is 92.3 Å². The molecule has 2 amide bonds. The Morgan fingerprint density at radius 1 is 1.25 bits per heavy atom. The normalized spacial score (nSPS) is 10.9. The van der Waals surface area contributed by atoms with E-state index in [9.17, 15) is 9.59 Å². The van der Waals surface area contributed by atoms with Crippen LogP contribution in [0.15, 0.2) is 29.4 Å². The van der Waals surface area contributed by atoms with Gasteiger partial charge in [-0.3, -0.25) is 9.59 Å². The van der Waals surface area contributed by atoms with Crippen molar-refractivity contribution in [3.8, 4) is 0 Å². The molecule has 0 aromatic heterocycles. The lowest BCUT2D eigenvalue weighted by atomic mass is 10.1. The maximum absolute atomic E-state index is 10.8. The number of amides is 2. The number of nitrogens with zero attached hydrogens (tertiary/aromatic N) is 1. The second-order valence-electron chi connectivity index (χ2n) is 3.12. The molecule has 5 N–H and O–H groups in total. The molecule has 0 unspecified atom stereocenters. The average molecular weight is 220 g/mol. The Balaban J connectivity index is 2.74. The van der Waals surface area contributed by atoms with E-state index in [4.69, 9.17) is 11.5 Å². The number of benzene rings is 1. The highest BCUT2D eigenvalue weighted by Gasteiger charge is 2.06. The van der Waals surface area contributed by atoms with Gasteiger partial charge in [0.1, 0.15) is 0 Å². The minimum Gasteiger partial charge on any atom is -0.399 e. The molecule has 0 aliphatic carbocycles. The minimum absolute atomic E-state index is 0.551. The number of carbonyl (C=O) groups is 2. The standard InChI is InChI=1S/C10H12N4O2/c1-6(13-14-10(16)9(12)15)7-2-4-8(11)5-3-7/h2-5H,11H2,1H3,(H2,12,15)(H,14,16). The van der Waals surface area contributed by atoms with Crippen molar-refractivity contribution in [2.24, 2.45) is 10.8 Å². The number of nitrogens with one attached hydrogen (secondary N) is 1. The van der Waals surface area contributed by atoms with Crippen LogP contribution in [0, 0.1) is 0 Å². The molecule has 0 bridgehead atoms. The fourth-order valence-corrected chi connectivity index (χ4v) is 0.979. The van der Waals surface area contributed by atoms with Gasteiger partial charge in [0.15, 0.2) is 0 Å². The first-order valence-corrected chi connectivity index (χ1v) is 4.50. The summed E-state index contributed by atoms with van der Waals surface area (Å²) in [6.07, 6.45) is 0. The van der Waals surface area contributed by atoms with E-state index in [1.165, 1.54) is 0 Å². The highest BCUT2D eigenvalue weighted by molar-refractivity contribution is 6.34. The van der Waals surface area contributed by atoms with Crippen LogP contribution in [0.25, 0.3) is 0 Å². The number of anilines is 1. The minimum atomic E-state index is -1.08. The highest BCUT2D eigenvalue weighted by atomic mass is 16.2. The molecular formula is C10H12N4O2. The van der Waals surface area contributed by atoms with Gasteiger partial charge in [0.05, 0.1) is 5.71 Å². The van der Waals surface area contributed by atoms with Crippen LogP contribution in [0.4, 0.5) is 5.69 Å². The molecule has 1 aromatic rings. The summed E-state index contributed by atoms with van der Waals surface area (Å²) in [6.45, 7) is 1.69. The Hall–Kier alpha value is -2.37. The molecule has 84 valence electrons. The largest absolute Gasteiger partial charge is 0.399 e. The van der Waals surface area contributed by atoms with E-state index in [-0.39, 0.29) is 0 Å². The number of hydrazone groups is 1. The Bertz CT molecular complexity index is 437. The lowest BCUT2D eigenvalue weighted by Crippen LogP contribution is -2.33. The van der Waals surface area contributed by atoms with Gasteiger partial charge in [-0.1, -0.05) is 12.1 Å². The quantitative estimate of drug-likeness (QED) is 0.273. The van der Waals surface area contributed by atoms with Crippen LogP contribution in [0.3, 0.4) is 0 Å². The van der Waals surface area contributed by atoms with Gasteiger partial charge in [-0.15, -0.1) is 0 Å². The van der Waals surface area contributed by atoms with Crippen LogP contribution in [0.1, 0.15) is 12.5 Å². The van der Waals surface area contributed by atoms with Gasteiger partial charge >= 0.3 is 11.8 Å². The Morgan fingerprint density at radius 2 is 1.81 bits per heavy atom. The van der Waals surface area contributed by atoms with Crippen molar-refractivity contribution >= 4 is 23.2 Å². The predicted molar refractivity (Wildman–Crippen MR) is 60.4 cm³/mol. The number of rotatable bonds is 2. The SMILES string of the molecule is CC(=NNC(=O)C(N)=O)c1ccc(N)cc1. The Morgan fingerprint density at radius 3 is 2.31 bits per heavy atom. The zero-order valence-corrected chi connectivity index (χ0v) is 8.73. The van der Waals surface area contributed by atoms with Gasteiger partial charge in [0, 0.05) is 5.69 Å². The first-order valence-electron chi connectivity index (χ1n) is 4.50. The zero-order chi connectivity index (χ0) is 12.1. The second-order valence-corrected chi connectivity index (χ2v) is 3.12. The third kappa shape index (κ3) is 3.09. The molecule has 0 aliphatic rings. The zero-order valence-electron chi connectivity index (χ0n) is 8.73. The third-order valence-electron chi connectivity index (χ3n) is 1.88. The molecule has 6 heteroatoms. The molecule has 1 rings (SSSR count). The van der Waals surface area contributed by atoms with Crippen LogP contribution < -0.4 is 16.9 Å². The van der Waals surface area contributed by atoms with Gasteiger partial charge in [-0.2, -0.15) is 5.10 Å². The number of hydrogen-bond donors (Lipinski definition) is 3. The van der Waals surface area contributed by atoms with Gasteiger partial charge in [-0.25, -0.2) is 5.43 Å². The van der Waals surface area contributed by atoms with Crippen LogP contribution in [-0.2, 0) is 9.59 Å². The first-order chi connectivity index (χ1) is 7.50. The monoisotopic (exact) mass is 220 g/mol. The smallest absolute Gasteiger partial charge is 0.329 e. The fraction of sp³-hybridized carbons (Fsp3) is 0.100. The summed E-state index contributed by atoms with van der Waals surface area (Å²) in [6, 6.07) is 6.93. The van der Waals surface area contributed by atoms with E-state index < -0.39 is 11.8 Å². The van der Waals surface area contributed by atoms with Gasteiger partial charge in [0.25, 0.3) is 0 Å². The summed E-state index contributed by atoms with van der Waals surface area (Å²) in [5.41, 5.74) is 14.3. The molecule has 0 radical (unpaired) electrons. The third-order valence-corrected chi connectivity index (χ3v) is 1.88. The molecule has 0 saturated heterocycles. The molecule has 6 nitrogen and oxygen atoms in total. The van der Waals surface area contributed by atoms with E-state index in [0.29, 0.717) is 11.4 Å². The van der Waals surface area contributed by atoms with Gasteiger partial charge < -0.3 is 11.5 Å². The molecule has 16 heavy (non-hydrogen) atoms. The molecule has 0 atom stereocenters. The first kappa shape index (κ1) is 11.7. The van der Waals surface area contributed by atoms with Crippen molar-refractivity contribution in [3.05, 3.63) is 29.8 Å². The van der Waals surface area contributed by atoms with Crippen molar-refractivity contribution < 1.29 is 9.59 Å². The maximum Gasteiger partial charge on any atom is 0.329 e. The van der Waals surface area contributed by atoms with E-state index in [2.05, 4.69) is 5.10 Å². The van der Waals surface area contributed by atoms with Crippen molar-refractivity contribution in [2.45, 2.75) is 6.92 Å². The number of carbonyl (C=O) groups excluding carboxylic acids is 2. The van der Waals surface area contributed by atoms with E-state index in [0.717, 1.165) is 5.56 Å². The van der Waals surface area contributed by atoms with Crippen molar-refractivity contribution in [1.29, 1.82) is 0 Å². The topological polar surface area (TPSA) is 111 Å². The summed E-state index contributed by atoms with van der Waals surface area (Å²) in [5, 5.41) is 3.72. The molecule has 0 aliphatic heterocycles. The molecule has 0 heterocycles. The number of nitrogens with two attached hydrogens (primary N) is 2. The van der Waals surface area contributed by atoms with E-state index in [1.807, 2.05) is 5.43 Å². The predicted octanol–water partition coefficient (Wildman–Crippen LogP) is -0.406. The number of nitrogen functional groups attached to an aromatic ring is 1. The van der Waals surface area contributed by atoms with Crippen LogP contribution in [0.5, 0.6) is 0 Å². The van der Waals surface area contributed by atoms with Crippen molar-refractivity contribution in [2.75, 3.05) is 5.73 Å². The van der Waals surface area contributed by atoms with E-state index in [1.54, 1.807) is 31.2 Å². The summed E-state index contributed by atoms with van der Waals surface area (Å²) < 4.78 is 0. The molecule has 0 spiro atoms. The summed E-state index contributed by atoms with van der Waals surface area (Å²) in [4.78, 5) is 21.2. The summed E-state index contributed by atoms with van der Waals surface area (Å²) >= 11 is 0. The Kier molecular flexibility index (Phi) is 3.60. The number of hydrogen-bond acceptors (Lipinski definition) is 4. The van der Waals surface area contributed by atoms with Crippen molar-refractivity contribution in [1.82, 2.24) is 5.43 Å². The van der Waals surface area contributed by atoms with Gasteiger partial charge in [0.2, 0.25) is 0 Å². The molecular weight excluding hydrogens is 208 g/mol. The van der Waals surface area contributed by atoms with Crippen LogP contribution in [0.2, 0.25) is 0 Å². The summed E-state index contributed by atoms with van der Waals surface area (Å²) in [5.74, 6) is -2.02. The lowest BCUT2D eigenvalue weighted by Gasteiger charge is -2.01. The molecule has 1 aromatic carbocycles. The van der Waals surface area contributed by atoms with Crippen LogP contribution in [-0.4, -0.2) is 17.5 Å². The van der Waals surface area contributed by atoms with E-state index >= 15 is 0 Å². The van der Waals surface area contributed by atoms with Crippen molar-refractivity contribution in [3.63, 3.8) is 0 Å². The average Bonchev–Trinajstić information content (AvgIpc) is 2.26. The van der Waals surface area contributed by atoms with Gasteiger partial charge in [-0.05, 0) is 24.6 Å². The second kappa shape index (κ2) is 4.92. The highest BCUT2D eigenvalue weighted by Crippen LogP contribution is 2.06. The fourth-order valence-electron chi connectivity index (χ4n) is 0.979. The lowest BCUT2D eigenvalue weighted by molar-refractivity contribution is -0.137.